The van der Waals surface area contributed by atoms with Crippen molar-refractivity contribution in [3.05, 3.63) is 69.9 Å². The zero-order chi connectivity index (χ0) is 22.2. The van der Waals surface area contributed by atoms with Gasteiger partial charge in [-0.1, -0.05) is 59.1 Å². The Balaban J connectivity index is 1.66. The first-order valence-corrected chi connectivity index (χ1v) is 12.5. The fraction of sp³-hybridized carbons (Fsp3) is 0.417. The Kier molecular flexibility index (Phi) is 8.96. The van der Waals surface area contributed by atoms with Gasteiger partial charge in [0.2, 0.25) is 11.8 Å². The van der Waals surface area contributed by atoms with E-state index in [1.807, 2.05) is 24.3 Å². The molecular weight excluding hydrogens is 479 g/mol. The number of rotatable bonds is 9. The summed E-state index contributed by atoms with van der Waals surface area (Å²) in [6.45, 7) is 1.80. The number of hydrogen-bond donors (Lipinski definition) is 1. The van der Waals surface area contributed by atoms with E-state index in [1.165, 1.54) is 22.7 Å². The molecule has 3 rings (SSSR count). The Morgan fingerprint density at radius 2 is 1.84 bits per heavy atom. The van der Waals surface area contributed by atoms with Crippen LogP contribution in [0.3, 0.4) is 0 Å². The molecular formula is C24H28BrFN2O2S. The van der Waals surface area contributed by atoms with Crippen molar-refractivity contribution in [3.8, 4) is 0 Å². The first-order chi connectivity index (χ1) is 14.9. The highest BCUT2D eigenvalue weighted by atomic mass is 79.9. The largest absolute Gasteiger partial charge is 0.352 e. The summed E-state index contributed by atoms with van der Waals surface area (Å²) in [5.74, 6) is 0.209. The highest BCUT2D eigenvalue weighted by Gasteiger charge is 2.28. The summed E-state index contributed by atoms with van der Waals surface area (Å²) in [5, 5.41) is 3.06. The predicted octanol–water partition coefficient (Wildman–Crippen LogP) is 5.30. The van der Waals surface area contributed by atoms with Crippen molar-refractivity contribution < 1.29 is 14.0 Å². The summed E-state index contributed by atoms with van der Waals surface area (Å²) in [5.41, 5.74) is 1.53. The normalized spacial score (nSPS) is 14.9. The number of hydrogen-bond acceptors (Lipinski definition) is 3. The monoisotopic (exact) mass is 506 g/mol. The van der Waals surface area contributed by atoms with Crippen LogP contribution in [0.5, 0.6) is 0 Å². The van der Waals surface area contributed by atoms with E-state index in [0.717, 1.165) is 35.7 Å². The van der Waals surface area contributed by atoms with Crippen LogP contribution in [0.4, 0.5) is 4.39 Å². The van der Waals surface area contributed by atoms with E-state index in [4.69, 9.17) is 0 Å². The molecule has 0 aromatic heterocycles. The van der Waals surface area contributed by atoms with Crippen LogP contribution in [-0.2, 0) is 21.9 Å². The molecule has 1 N–H and O–H groups in total. The molecule has 7 heteroatoms. The van der Waals surface area contributed by atoms with Gasteiger partial charge in [0.05, 0.1) is 5.75 Å². The van der Waals surface area contributed by atoms with Crippen LogP contribution in [0.15, 0.2) is 53.0 Å². The van der Waals surface area contributed by atoms with E-state index in [9.17, 15) is 14.0 Å². The molecule has 2 amide bonds. The summed E-state index contributed by atoms with van der Waals surface area (Å²) in [7, 11) is 0. The van der Waals surface area contributed by atoms with Crippen molar-refractivity contribution in [2.24, 2.45) is 0 Å². The quantitative estimate of drug-likeness (QED) is 0.502. The van der Waals surface area contributed by atoms with Gasteiger partial charge in [0.25, 0.3) is 0 Å². The predicted molar refractivity (Wildman–Crippen MR) is 127 cm³/mol. The molecule has 0 aliphatic heterocycles. The van der Waals surface area contributed by atoms with E-state index >= 15 is 0 Å². The highest BCUT2D eigenvalue weighted by molar-refractivity contribution is 9.10. The third-order valence-corrected chi connectivity index (χ3v) is 7.09. The molecule has 0 saturated heterocycles. The maximum atomic E-state index is 14.3. The zero-order valence-electron chi connectivity index (χ0n) is 17.7. The van der Waals surface area contributed by atoms with Crippen molar-refractivity contribution in [3.63, 3.8) is 0 Å². The molecule has 166 valence electrons. The second-order valence-corrected chi connectivity index (χ2v) is 9.80. The number of nitrogens with zero attached hydrogens (tertiary/aromatic N) is 1. The Bertz CT molecular complexity index is 887. The maximum absolute atomic E-state index is 14.3. The molecule has 1 aliphatic rings. The van der Waals surface area contributed by atoms with Crippen molar-refractivity contribution in [1.29, 1.82) is 0 Å². The van der Waals surface area contributed by atoms with Gasteiger partial charge >= 0.3 is 0 Å². The lowest BCUT2D eigenvalue weighted by atomic mass is 10.1. The van der Waals surface area contributed by atoms with Crippen molar-refractivity contribution in [2.75, 3.05) is 5.75 Å². The fourth-order valence-electron chi connectivity index (χ4n) is 3.70. The van der Waals surface area contributed by atoms with Crippen LogP contribution in [-0.4, -0.2) is 34.6 Å². The van der Waals surface area contributed by atoms with Crippen molar-refractivity contribution in [2.45, 2.75) is 57.0 Å². The maximum Gasteiger partial charge on any atom is 0.242 e. The molecule has 0 bridgehead atoms. The van der Waals surface area contributed by atoms with Gasteiger partial charge in [-0.25, -0.2) is 4.39 Å². The highest BCUT2D eigenvalue weighted by Crippen LogP contribution is 2.20. The summed E-state index contributed by atoms with van der Waals surface area (Å²) in [6.07, 6.45) is 4.18. The number of carbonyl (C=O) groups excluding carboxylic acids is 2. The third-order valence-electron chi connectivity index (χ3n) is 5.57. The van der Waals surface area contributed by atoms with Crippen molar-refractivity contribution in [1.82, 2.24) is 10.2 Å². The second-order valence-electron chi connectivity index (χ2n) is 7.90. The molecule has 0 spiro atoms. The van der Waals surface area contributed by atoms with Crippen LogP contribution in [0, 0.1) is 5.82 Å². The molecule has 0 unspecified atom stereocenters. The minimum absolute atomic E-state index is 0.0730. The minimum Gasteiger partial charge on any atom is -0.352 e. The van der Waals surface area contributed by atoms with E-state index < -0.39 is 6.04 Å². The molecule has 0 heterocycles. The van der Waals surface area contributed by atoms with Gasteiger partial charge in [-0.3, -0.25) is 9.59 Å². The average Bonchev–Trinajstić information content (AvgIpc) is 3.27. The number of halogens is 2. The van der Waals surface area contributed by atoms with Gasteiger partial charge in [-0.2, -0.15) is 0 Å². The Hall–Kier alpha value is -1.86. The number of carbonyl (C=O) groups is 2. The summed E-state index contributed by atoms with van der Waals surface area (Å²) in [6, 6.07) is 13.9. The fourth-order valence-corrected chi connectivity index (χ4v) is 4.84. The third kappa shape index (κ3) is 7.07. The molecule has 2 aromatic carbocycles. The number of thioether (sulfide) groups is 1. The average molecular weight is 507 g/mol. The molecule has 1 saturated carbocycles. The van der Waals surface area contributed by atoms with E-state index in [-0.39, 0.29) is 36.0 Å². The van der Waals surface area contributed by atoms with Crippen molar-refractivity contribution >= 4 is 39.5 Å². The van der Waals surface area contributed by atoms with E-state index in [1.54, 1.807) is 25.1 Å². The van der Waals surface area contributed by atoms with Gasteiger partial charge in [0.15, 0.2) is 0 Å². The standard InChI is InChI=1S/C24H28BrFN2O2S/c1-17(24(30)27-21-7-3-4-8-21)28(14-19-6-2-5-9-22(19)26)23(29)16-31-15-18-10-12-20(25)13-11-18/h2,5-6,9-13,17,21H,3-4,7-8,14-16H2,1H3,(H,27,30)/t17-/m1/s1. The first kappa shape index (κ1) is 23.8. The van der Waals surface area contributed by atoms with Crippen LogP contribution in [0.25, 0.3) is 0 Å². The number of amides is 2. The lowest BCUT2D eigenvalue weighted by Gasteiger charge is -2.29. The molecule has 31 heavy (non-hydrogen) atoms. The Labute approximate surface area is 196 Å². The van der Waals surface area contributed by atoms with E-state index in [0.29, 0.717) is 11.3 Å². The molecule has 4 nitrogen and oxygen atoms in total. The topological polar surface area (TPSA) is 49.4 Å². The van der Waals surface area contributed by atoms with Crippen LogP contribution >= 0.6 is 27.7 Å². The summed E-state index contributed by atoms with van der Waals surface area (Å²) < 4.78 is 15.3. The summed E-state index contributed by atoms with van der Waals surface area (Å²) in [4.78, 5) is 27.4. The van der Waals surface area contributed by atoms with Gasteiger partial charge in [0.1, 0.15) is 11.9 Å². The zero-order valence-corrected chi connectivity index (χ0v) is 20.1. The van der Waals surface area contributed by atoms with Gasteiger partial charge < -0.3 is 10.2 Å². The summed E-state index contributed by atoms with van der Waals surface area (Å²) >= 11 is 4.91. The van der Waals surface area contributed by atoms with Crippen LogP contribution in [0.1, 0.15) is 43.7 Å². The number of benzene rings is 2. The molecule has 2 aromatic rings. The van der Waals surface area contributed by atoms with E-state index in [2.05, 4.69) is 21.2 Å². The van der Waals surface area contributed by atoms with Crippen LogP contribution < -0.4 is 5.32 Å². The smallest absolute Gasteiger partial charge is 0.242 e. The SMILES string of the molecule is C[C@H](C(=O)NC1CCCC1)N(Cc1ccccc1F)C(=O)CSCc1ccc(Br)cc1. The van der Waals surface area contributed by atoms with Crippen LogP contribution in [0.2, 0.25) is 0 Å². The lowest BCUT2D eigenvalue weighted by molar-refractivity contribution is -0.139. The van der Waals surface area contributed by atoms with Gasteiger partial charge in [0, 0.05) is 28.4 Å². The van der Waals surface area contributed by atoms with Gasteiger partial charge in [-0.05, 0) is 43.5 Å². The lowest BCUT2D eigenvalue weighted by Crippen LogP contribution is -2.50. The molecule has 1 fully saturated rings. The van der Waals surface area contributed by atoms with Gasteiger partial charge in [-0.15, -0.1) is 11.8 Å². The minimum atomic E-state index is -0.666. The molecule has 1 aliphatic carbocycles. The Morgan fingerprint density at radius 1 is 1.16 bits per heavy atom. The molecule has 1 atom stereocenters. The Morgan fingerprint density at radius 3 is 2.52 bits per heavy atom. The number of nitrogens with one attached hydrogen (secondary N) is 1. The first-order valence-electron chi connectivity index (χ1n) is 10.6. The molecule has 0 radical (unpaired) electrons. The second kappa shape index (κ2) is 11.7.